The van der Waals surface area contributed by atoms with Crippen LogP contribution in [0.4, 0.5) is 0 Å². The zero-order valence-electron chi connectivity index (χ0n) is 8.62. The molecule has 0 aromatic rings. The fourth-order valence-corrected chi connectivity index (χ4v) is 1.17. The van der Waals surface area contributed by atoms with Crippen LogP contribution in [0.3, 0.4) is 0 Å². The molecule has 0 unspecified atom stereocenters. The number of carbonyl (C=O) groups excluding carboxylic acids is 1. The summed E-state index contributed by atoms with van der Waals surface area (Å²) in [6.07, 6.45) is 1.01. The molecule has 0 fully saturated rings. The Kier molecular flexibility index (Phi) is 5.87. The van der Waals surface area contributed by atoms with E-state index in [2.05, 4.69) is 5.32 Å². The van der Waals surface area contributed by atoms with Gasteiger partial charge in [-0.25, -0.2) is 0 Å². The minimum atomic E-state index is -0.849. The van der Waals surface area contributed by atoms with Gasteiger partial charge in [-0.2, -0.15) is 0 Å². The van der Waals surface area contributed by atoms with Crippen molar-refractivity contribution in [2.24, 2.45) is 5.73 Å². The maximum absolute atomic E-state index is 10.9. The minimum absolute atomic E-state index is 0.0730. The first-order valence-electron chi connectivity index (χ1n) is 4.70. The smallest absolute Gasteiger partial charge is 0.303 e. The van der Waals surface area contributed by atoms with Gasteiger partial charge in [0.2, 0.25) is 5.91 Å². The Hall–Kier alpha value is -1.10. The van der Waals surface area contributed by atoms with Crippen molar-refractivity contribution in [3.63, 3.8) is 0 Å². The molecule has 14 heavy (non-hydrogen) atoms. The Morgan fingerprint density at radius 1 is 1.43 bits per heavy atom. The van der Waals surface area contributed by atoms with Crippen LogP contribution in [0.5, 0.6) is 0 Å². The normalized spacial score (nSPS) is 12.8. The predicted molar refractivity (Wildman–Crippen MR) is 52.7 cm³/mol. The van der Waals surface area contributed by atoms with Gasteiger partial charge in [-0.15, -0.1) is 0 Å². The highest BCUT2D eigenvalue weighted by atomic mass is 16.4. The first-order valence-corrected chi connectivity index (χ1v) is 4.70. The van der Waals surface area contributed by atoms with Crippen molar-refractivity contribution in [3.8, 4) is 0 Å². The summed E-state index contributed by atoms with van der Waals surface area (Å²) < 4.78 is 0. The molecule has 0 saturated heterocycles. The third-order valence-corrected chi connectivity index (χ3v) is 1.76. The number of carbonyl (C=O) groups is 2. The fraction of sp³-hybridized carbons (Fsp3) is 0.778. The molecule has 0 aromatic carbocycles. The lowest BCUT2D eigenvalue weighted by Gasteiger charge is -2.17. The van der Waals surface area contributed by atoms with E-state index in [1.54, 1.807) is 0 Å². The number of hydrogen-bond donors (Lipinski definition) is 3. The van der Waals surface area contributed by atoms with Crippen molar-refractivity contribution in [1.82, 2.24) is 5.32 Å². The van der Waals surface area contributed by atoms with E-state index < -0.39 is 17.9 Å². The van der Waals surface area contributed by atoms with E-state index in [4.69, 9.17) is 10.8 Å². The Morgan fingerprint density at radius 3 is 2.36 bits per heavy atom. The van der Waals surface area contributed by atoms with Gasteiger partial charge >= 0.3 is 5.97 Å². The molecule has 0 heterocycles. The summed E-state index contributed by atoms with van der Waals surface area (Å²) in [5, 5.41) is 11.4. The van der Waals surface area contributed by atoms with Crippen LogP contribution in [0.1, 0.15) is 33.1 Å². The van der Waals surface area contributed by atoms with Crippen molar-refractivity contribution in [3.05, 3.63) is 0 Å². The molecule has 0 aliphatic carbocycles. The third kappa shape index (κ3) is 6.42. The lowest BCUT2D eigenvalue weighted by atomic mass is 10.1. The highest BCUT2D eigenvalue weighted by Crippen LogP contribution is 2.01. The summed E-state index contributed by atoms with van der Waals surface area (Å²) in [6.45, 7) is 3.82. The molecular weight excluding hydrogens is 184 g/mol. The molecule has 1 amide bonds. The van der Waals surface area contributed by atoms with Crippen LogP contribution in [0, 0.1) is 0 Å². The van der Waals surface area contributed by atoms with Crippen molar-refractivity contribution in [2.45, 2.75) is 45.2 Å². The molecule has 5 heteroatoms. The van der Waals surface area contributed by atoms with Crippen LogP contribution in [-0.2, 0) is 9.59 Å². The van der Waals surface area contributed by atoms with Gasteiger partial charge in [0.15, 0.2) is 0 Å². The van der Waals surface area contributed by atoms with Crippen molar-refractivity contribution in [1.29, 1.82) is 0 Å². The summed E-state index contributed by atoms with van der Waals surface area (Å²) in [5.74, 6) is -1.28. The Balaban J connectivity index is 3.85. The van der Waals surface area contributed by atoms with Crippen LogP contribution in [0.2, 0.25) is 0 Å². The maximum Gasteiger partial charge on any atom is 0.303 e. The second kappa shape index (κ2) is 6.37. The van der Waals surface area contributed by atoms with E-state index in [0.29, 0.717) is 12.8 Å². The Labute approximate surface area is 83.7 Å². The number of aliphatic carboxylic acids is 1. The average molecular weight is 202 g/mol. The summed E-state index contributed by atoms with van der Waals surface area (Å²) >= 11 is 0. The third-order valence-electron chi connectivity index (χ3n) is 1.76. The molecule has 0 aliphatic rings. The number of rotatable bonds is 7. The zero-order chi connectivity index (χ0) is 11.1. The van der Waals surface area contributed by atoms with Gasteiger partial charge < -0.3 is 16.2 Å². The van der Waals surface area contributed by atoms with Crippen molar-refractivity contribution < 1.29 is 14.7 Å². The van der Waals surface area contributed by atoms with Crippen molar-refractivity contribution >= 4 is 11.9 Å². The standard InChI is InChI=1S/C9H18N2O3/c1-6(2)11-7(9(10)14)4-3-5-8(12)13/h6-7,11H,3-5H2,1-2H3,(H2,10,14)(H,12,13)/t7-/m0/s1. The van der Waals surface area contributed by atoms with Crippen LogP contribution < -0.4 is 11.1 Å². The highest BCUT2D eigenvalue weighted by Gasteiger charge is 2.15. The van der Waals surface area contributed by atoms with Gasteiger partial charge in [0.25, 0.3) is 0 Å². The van der Waals surface area contributed by atoms with Gasteiger partial charge in [-0.05, 0) is 12.8 Å². The van der Waals surface area contributed by atoms with Gasteiger partial charge in [0.05, 0.1) is 6.04 Å². The summed E-state index contributed by atoms with van der Waals surface area (Å²) in [7, 11) is 0. The lowest BCUT2D eigenvalue weighted by molar-refractivity contribution is -0.137. The quantitative estimate of drug-likeness (QED) is 0.545. The Bertz CT molecular complexity index is 204. The molecule has 4 N–H and O–H groups in total. The molecule has 5 nitrogen and oxygen atoms in total. The summed E-state index contributed by atoms with van der Waals surface area (Å²) in [4.78, 5) is 21.2. The van der Waals surface area contributed by atoms with Gasteiger partial charge in [0.1, 0.15) is 0 Å². The summed E-state index contributed by atoms with van der Waals surface area (Å²) in [6, 6.07) is -0.258. The molecule has 0 aromatic heterocycles. The number of hydrogen-bond acceptors (Lipinski definition) is 3. The fourth-order valence-electron chi connectivity index (χ4n) is 1.17. The molecule has 0 saturated carbocycles. The largest absolute Gasteiger partial charge is 0.481 e. The maximum atomic E-state index is 10.9. The highest BCUT2D eigenvalue weighted by molar-refractivity contribution is 5.79. The first-order chi connectivity index (χ1) is 6.43. The van der Waals surface area contributed by atoms with E-state index in [0.717, 1.165) is 0 Å². The number of carboxylic acid groups (broad SMARTS) is 1. The van der Waals surface area contributed by atoms with E-state index in [1.807, 2.05) is 13.8 Å². The second-order valence-corrected chi connectivity index (χ2v) is 3.56. The number of carboxylic acids is 1. The van der Waals surface area contributed by atoms with Crippen LogP contribution in [0.15, 0.2) is 0 Å². The number of nitrogens with two attached hydrogens (primary N) is 1. The average Bonchev–Trinajstić information content (AvgIpc) is 2.00. The molecule has 0 spiro atoms. The number of amides is 1. The Morgan fingerprint density at radius 2 is 2.00 bits per heavy atom. The van der Waals surface area contributed by atoms with Crippen LogP contribution in [0.25, 0.3) is 0 Å². The second-order valence-electron chi connectivity index (χ2n) is 3.56. The minimum Gasteiger partial charge on any atom is -0.481 e. The predicted octanol–water partition coefficient (Wildman–Crippen LogP) is 0.0932. The monoisotopic (exact) mass is 202 g/mol. The number of nitrogens with one attached hydrogen (secondary N) is 1. The van der Waals surface area contributed by atoms with E-state index in [9.17, 15) is 9.59 Å². The molecule has 0 bridgehead atoms. The SMILES string of the molecule is CC(C)N[C@@H](CCCC(=O)O)C(N)=O. The lowest BCUT2D eigenvalue weighted by Crippen LogP contribution is -2.44. The zero-order valence-corrected chi connectivity index (χ0v) is 8.62. The van der Waals surface area contributed by atoms with Gasteiger partial charge in [-0.3, -0.25) is 9.59 Å². The first kappa shape index (κ1) is 12.9. The molecule has 1 atom stereocenters. The van der Waals surface area contributed by atoms with E-state index in [1.165, 1.54) is 0 Å². The van der Waals surface area contributed by atoms with E-state index >= 15 is 0 Å². The molecule has 82 valence electrons. The van der Waals surface area contributed by atoms with Gasteiger partial charge in [-0.1, -0.05) is 13.8 Å². The van der Waals surface area contributed by atoms with E-state index in [-0.39, 0.29) is 12.5 Å². The molecule has 0 aliphatic heterocycles. The van der Waals surface area contributed by atoms with Crippen LogP contribution >= 0.6 is 0 Å². The molecule has 0 rings (SSSR count). The van der Waals surface area contributed by atoms with Crippen LogP contribution in [-0.4, -0.2) is 29.1 Å². The molecular formula is C9H18N2O3. The van der Waals surface area contributed by atoms with Crippen molar-refractivity contribution in [2.75, 3.05) is 0 Å². The van der Waals surface area contributed by atoms with Gasteiger partial charge in [0, 0.05) is 12.5 Å². The number of primary amides is 1. The topological polar surface area (TPSA) is 92.4 Å². The summed E-state index contributed by atoms with van der Waals surface area (Å²) in [5.41, 5.74) is 5.15. The molecule has 0 radical (unpaired) electrons.